The van der Waals surface area contributed by atoms with Crippen molar-refractivity contribution in [2.45, 2.75) is 19.0 Å². The fourth-order valence-corrected chi connectivity index (χ4v) is 2.27. The lowest BCUT2D eigenvalue weighted by atomic mass is 9.91. The second-order valence-electron chi connectivity index (χ2n) is 5.04. The highest BCUT2D eigenvalue weighted by atomic mass is 35.5. The van der Waals surface area contributed by atoms with E-state index in [9.17, 15) is 4.79 Å². The Morgan fingerprint density at radius 3 is 2.82 bits per heavy atom. The molecule has 0 aliphatic rings. The molecule has 0 radical (unpaired) electrons. The molecule has 1 unspecified atom stereocenters. The smallest absolute Gasteiger partial charge is 0.242 e. The molecule has 0 fully saturated rings. The van der Waals surface area contributed by atoms with E-state index in [2.05, 4.69) is 10.3 Å². The number of hydrogen-bond acceptors (Lipinski definition) is 4. The summed E-state index contributed by atoms with van der Waals surface area (Å²) in [4.78, 5) is 16.2. The lowest BCUT2D eigenvalue weighted by Crippen LogP contribution is -2.50. The number of methoxy groups -OCH3 is 1. The number of benzene rings is 1. The zero-order chi connectivity index (χ0) is 16.2. The molecule has 1 aromatic carbocycles. The second-order valence-corrected chi connectivity index (χ2v) is 5.48. The zero-order valence-corrected chi connectivity index (χ0v) is 13.2. The number of carbonyl (C=O) groups excluding carboxylic acids is 1. The van der Waals surface area contributed by atoms with Crippen LogP contribution < -0.4 is 15.8 Å². The molecular weight excluding hydrogens is 302 g/mol. The predicted octanol–water partition coefficient (Wildman–Crippen LogP) is 2.23. The standard InChI is InChI=1S/C16H18ClN3O2/c1-16(15(18)21,11-4-3-5-12(17)8-11)20-10-13-9-14(22-2)6-7-19-13/h3-9,20H,10H2,1-2H3,(H2,18,21). The van der Waals surface area contributed by atoms with Crippen molar-refractivity contribution in [3.8, 4) is 5.75 Å². The minimum atomic E-state index is -1.05. The number of nitrogens with zero attached hydrogens (tertiary/aromatic N) is 1. The van der Waals surface area contributed by atoms with Crippen LogP contribution in [0.5, 0.6) is 5.75 Å². The topological polar surface area (TPSA) is 77.2 Å². The first-order valence-corrected chi connectivity index (χ1v) is 7.13. The van der Waals surface area contributed by atoms with Gasteiger partial charge in [-0.15, -0.1) is 0 Å². The van der Waals surface area contributed by atoms with E-state index in [0.717, 1.165) is 5.69 Å². The molecule has 0 aliphatic heterocycles. The van der Waals surface area contributed by atoms with Crippen molar-refractivity contribution in [1.29, 1.82) is 0 Å². The highest BCUT2D eigenvalue weighted by Gasteiger charge is 2.32. The van der Waals surface area contributed by atoms with Crippen LogP contribution in [0.2, 0.25) is 5.02 Å². The highest BCUT2D eigenvalue weighted by molar-refractivity contribution is 6.30. The Hall–Kier alpha value is -2.11. The number of ether oxygens (including phenoxy) is 1. The fraction of sp³-hybridized carbons (Fsp3) is 0.250. The maximum absolute atomic E-state index is 11.9. The number of pyridine rings is 1. The van der Waals surface area contributed by atoms with Gasteiger partial charge < -0.3 is 10.5 Å². The van der Waals surface area contributed by atoms with Crippen LogP contribution in [0.15, 0.2) is 42.6 Å². The van der Waals surface area contributed by atoms with Gasteiger partial charge in [-0.3, -0.25) is 15.1 Å². The number of amides is 1. The van der Waals surface area contributed by atoms with E-state index in [1.807, 2.05) is 6.07 Å². The third kappa shape index (κ3) is 3.55. The number of nitrogens with two attached hydrogens (primary N) is 1. The molecule has 0 bridgehead atoms. The van der Waals surface area contributed by atoms with E-state index in [-0.39, 0.29) is 0 Å². The molecule has 3 N–H and O–H groups in total. The van der Waals surface area contributed by atoms with Gasteiger partial charge >= 0.3 is 0 Å². The lowest BCUT2D eigenvalue weighted by Gasteiger charge is -2.28. The van der Waals surface area contributed by atoms with Crippen molar-refractivity contribution in [2.24, 2.45) is 5.73 Å². The van der Waals surface area contributed by atoms with Crippen LogP contribution in [0.1, 0.15) is 18.2 Å². The Morgan fingerprint density at radius 1 is 1.41 bits per heavy atom. The monoisotopic (exact) mass is 319 g/mol. The molecule has 116 valence electrons. The summed E-state index contributed by atoms with van der Waals surface area (Å²) in [5, 5.41) is 3.70. The lowest BCUT2D eigenvalue weighted by molar-refractivity contribution is -0.124. The minimum Gasteiger partial charge on any atom is -0.497 e. The van der Waals surface area contributed by atoms with E-state index >= 15 is 0 Å². The number of aromatic nitrogens is 1. The molecule has 0 saturated heterocycles. The van der Waals surface area contributed by atoms with Crippen molar-refractivity contribution in [3.63, 3.8) is 0 Å². The number of carbonyl (C=O) groups is 1. The first kappa shape index (κ1) is 16.3. The van der Waals surface area contributed by atoms with Crippen molar-refractivity contribution < 1.29 is 9.53 Å². The van der Waals surface area contributed by atoms with Gasteiger partial charge in [-0.25, -0.2) is 0 Å². The van der Waals surface area contributed by atoms with Crippen LogP contribution in [0.25, 0.3) is 0 Å². The molecule has 0 aliphatic carbocycles. The van der Waals surface area contributed by atoms with Crippen molar-refractivity contribution in [3.05, 3.63) is 58.9 Å². The van der Waals surface area contributed by atoms with Crippen molar-refractivity contribution >= 4 is 17.5 Å². The maximum atomic E-state index is 11.9. The summed E-state index contributed by atoms with van der Waals surface area (Å²) in [6.07, 6.45) is 1.65. The largest absolute Gasteiger partial charge is 0.497 e. The molecule has 6 heteroatoms. The Labute approximate surface area is 134 Å². The maximum Gasteiger partial charge on any atom is 0.242 e. The van der Waals surface area contributed by atoms with Crippen LogP contribution in [0.3, 0.4) is 0 Å². The molecule has 2 aromatic rings. The quantitative estimate of drug-likeness (QED) is 0.856. The summed E-state index contributed by atoms with van der Waals surface area (Å²) >= 11 is 6.00. The van der Waals surface area contributed by atoms with Gasteiger partial charge in [0.1, 0.15) is 11.3 Å². The van der Waals surface area contributed by atoms with Gasteiger partial charge in [-0.05, 0) is 30.7 Å². The van der Waals surface area contributed by atoms with Gasteiger partial charge in [0.15, 0.2) is 0 Å². The molecule has 5 nitrogen and oxygen atoms in total. The molecule has 1 aromatic heterocycles. The van der Waals surface area contributed by atoms with Gasteiger partial charge in [-0.1, -0.05) is 23.7 Å². The van der Waals surface area contributed by atoms with Crippen LogP contribution >= 0.6 is 11.6 Å². The Balaban J connectivity index is 2.23. The minimum absolute atomic E-state index is 0.364. The predicted molar refractivity (Wildman–Crippen MR) is 85.6 cm³/mol. The van der Waals surface area contributed by atoms with Gasteiger partial charge in [0, 0.05) is 23.8 Å². The first-order valence-electron chi connectivity index (χ1n) is 6.75. The molecule has 1 atom stereocenters. The van der Waals surface area contributed by atoms with Crippen LogP contribution in [-0.4, -0.2) is 18.0 Å². The molecule has 0 saturated carbocycles. The van der Waals surface area contributed by atoms with Crippen molar-refractivity contribution in [2.75, 3.05) is 7.11 Å². The van der Waals surface area contributed by atoms with E-state index in [4.69, 9.17) is 22.1 Å². The number of hydrogen-bond donors (Lipinski definition) is 2. The molecule has 2 rings (SSSR count). The molecule has 1 amide bonds. The van der Waals surface area contributed by atoms with E-state index in [1.54, 1.807) is 50.6 Å². The summed E-state index contributed by atoms with van der Waals surface area (Å²) in [6.45, 7) is 2.09. The number of rotatable bonds is 6. The summed E-state index contributed by atoms with van der Waals surface area (Å²) in [5.74, 6) is 0.216. The van der Waals surface area contributed by atoms with Gasteiger partial charge in [0.05, 0.1) is 12.8 Å². The van der Waals surface area contributed by atoms with Gasteiger partial charge in [0.25, 0.3) is 0 Å². The van der Waals surface area contributed by atoms with Crippen LogP contribution in [-0.2, 0) is 16.9 Å². The summed E-state index contributed by atoms with van der Waals surface area (Å²) < 4.78 is 5.16. The molecular formula is C16H18ClN3O2. The molecule has 1 heterocycles. The number of halogens is 1. The van der Waals surface area contributed by atoms with E-state index in [0.29, 0.717) is 22.9 Å². The fourth-order valence-electron chi connectivity index (χ4n) is 2.08. The Kier molecular flexibility index (Phi) is 5.00. The number of nitrogens with one attached hydrogen (secondary N) is 1. The zero-order valence-electron chi connectivity index (χ0n) is 12.5. The van der Waals surface area contributed by atoms with Crippen LogP contribution in [0.4, 0.5) is 0 Å². The summed E-state index contributed by atoms with van der Waals surface area (Å²) in [6, 6.07) is 10.6. The third-order valence-electron chi connectivity index (χ3n) is 3.54. The van der Waals surface area contributed by atoms with Crippen LogP contribution in [0, 0.1) is 0 Å². The average molecular weight is 320 g/mol. The third-order valence-corrected chi connectivity index (χ3v) is 3.78. The molecule has 0 spiro atoms. The SMILES string of the molecule is COc1ccnc(CNC(C)(C(N)=O)c2cccc(Cl)c2)c1. The summed E-state index contributed by atoms with van der Waals surface area (Å²) in [7, 11) is 1.59. The second kappa shape index (κ2) is 6.77. The molecule has 22 heavy (non-hydrogen) atoms. The normalized spacial score (nSPS) is 13.4. The Morgan fingerprint density at radius 2 is 2.18 bits per heavy atom. The Bertz CT molecular complexity index is 678. The average Bonchev–Trinajstić information content (AvgIpc) is 2.52. The van der Waals surface area contributed by atoms with Gasteiger partial charge in [-0.2, -0.15) is 0 Å². The van der Waals surface area contributed by atoms with Gasteiger partial charge in [0.2, 0.25) is 5.91 Å². The number of primary amides is 1. The van der Waals surface area contributed by atoms with E-state index in [1.165, 1.54) is 0 Å². The van der Waals surface area contributed by atoms with E-state index < -0.39 is 11.4 Å². The first-order chi connectivity index (χ1) is 10.5. The van der Waals surface area contributed by atoms with Crippen molar-refractivity contribution in [1.82, 2.24) is 10.3 Å². The highest BCUT2D eigenvalue weighted by Crippen LogP contribution is 2.24. The summed E-state index contributed by atoms with van der Waals surface area (Å²) in [5.41, 5.74) is 5.99.